The Kier molecular flexibility index (Phi) is 4.41. The van der Waals surface area contributed by atoms with Gasteiger partial charge in [0.15, 0.2) is 0 Å². The van der Waals surface area contributed by atoms with Crippen LogP contribution < -0.4 is 4.74 Å². The molecular formula is C14H8BrClFNO. The average Bonchev–Trinajstić information content (AvgIpc) is 2.39. The van der Waals surface area contributed by atoms with E-state index >= 15 is 0 Å². The van der Waals surface area contributed by atoms with Crippen LogP contribution in [0.3, 0.4) is 0 Å². The van der Waals surface area contributed by atoms with Crippen molar-refractivity contribution in [1.29, 1.82) is 5.26 Å². The summed E-state index contributed by atoms with van der Waals surface area (Å²) < 4.78 is 19.8. The Morgan fingerprint density at radius 2 is 2.05 bits per heavy atom. The van der Waals surface area contributed by atoms with Crippen LogP contribution in [0.5, 0.6) is 5.75 Å². The van der Waals surface area contributed by atoms with Crippen LogP contribution in [0.25, 0.3) is 0 Å². The van der Waals surface area contributed by atoms with Gasteiger partial charge >= 0.3 is 0 Å². The largest absolute Gasteiger partial charge is 0.487 e. The highest BCUT2D eigenvalue weighted by Gasteiger charge is 2.07. The van der Waals surface area contributed by atoms with Gasteiger partial charge in [0.1, 0.15) is 18.2 Å². The molecule has 0 aliphatic carbocycles. The van der Waals surface area contributed by atoms with Gasteiger partial charge < -0.3 is 4.74 Å². The van der Waals surface area contributed by atoms with E-state index in [1.54, 1.807) is 18.2 Å². The van der Waals surface area contributed by atoms with Crippen LogP contribution in [0.1, 0.15) is 11.1 Å². The Labute approximate surface area is 123 Å². The summed E-state index contributed by atoms with van der Waals surface area (Å²) in [4.78, 5) is 0. The second-order valence-electron chi connectivity index (χ2n) is 3.78. The van der Waals surface area contributed by atoms with E-state index in [1.807, 2.05) is 6.07 Å². The van der Waals surface area contributed by atoms with Crippen molar-refractivity contribution >= 4 is 27.5 Å². The minimum Gasteiger partial charge on any atom is -0.487 e. The second kappa shape index (κ2) is 6.05. The molecule has 0 unspecified atom stereocenters. The predicted octanol–water partition coefficient (Wildman–Crippen LogP) is 4.69. The SMILES string of the molecule is N#Cc1ccc(F)c(COc2ccc(Br)cc2Cl)c1. The average molecular weight is 341 g/mol. The zero-order valence-corrected chi connectivity index (χ0v) is 12.0. The lowest BCUT2D eigenvalue weighted by Gasteiger charge is -2.09. The van der Waals surface area contributed by atoms with Crippen molar-refractivity contribution in [1.82, 2.24) is 0 Å². The van der Waals surface area contributed by atoms with Crippen LogP contribution in [0.4, 0.5) is 4.39 Å². The first-order valence-electron chi connectivity index (χ1n) is 5.36. The van der Waals surface area contributed by atoms with E-state index in [1.165, 1.54) is 18.2 Å². The molecule has 2 aromatic carbocycles. The van der Waals surface area contributed by atoms with Gasteiger partial charge in [-0.3, -0.25) is 0 Å². The third-order valence-electron chi connectivity index (χ3n) is 2.45. The second-order valence-corrected chi connectivity index (χ2v) is 5.10. The topological polar surface area (TPSA) is 33.0 Å². The van der Waals surface area contributed by atoms with Crippen molar-refractivity contribution in [2.24, 2.45) is 0 Å². The Bertz CT molecular complexity index is 654. The summed E-state index contributed by atoms with van der Waals surface area (Å²) in [7, 11) is 0. The summed E-state index contributed by atoms with van der Waals surface area (Å²) in [6.45, 7) is 0.0166. The number of halogens is 3. The number of nitrogens with zero attached hydrogens (tertiary/aromatic N) is 1. The lowest BCUT2D eigenvalue weighted by molar-refractivity contribution is 0.300. The van der Waals surface area contributed by atoms with Crippen LogP contribution in [0.2, 0.25) is 5.02 Å². The molecule has 0 saturated carbocycles. The maximum Gasteiger partial charge on any atom is 0.138 e. The highest BCUT2D eigenvalue weighted by molar-refractivity contribution is 9.10. The van der Waals surface area contributed by atoms with Crippen molar-refractivity contribution in [3.63, 3.8) is 0 Å². The molecule has 0 fully saturated rings. The molecule has 0 saturated heterocycles. The lowest BCUT2D eigenvalue weighted by Crippen LogP contribution is -1.99. The van der Waals surface area contributed by atoms with E-state index < -0.39 is 5.82 Å². The monoisotopic (exact) mass is 339 g/mol. The molecule has 5 heteroatoms. The number of hydrogen-bond acceptors (Lipinski definition) is 2. The maximum atomic E-state index is 13.5. The quantitative estimate of drug-likeness (QED) is 0.812. The maximum absolute atomic E-state index is 13.5. The molecule has 0 aromatic heterocycles. The number of rotatable bonds is 3. The molecular weight excluding hydrogens is 333 g/mol. The molecule has 2 aromatic rings. The van der Waals surface area contributed by atoms with Crippen molar-refractivity contribution < 1.29 is 9.13 Å². The molecule has 19 heavy (non-hydrogen) atoms. The Balaban J connectivity index is 2.16. The van der Waals surface area contributed by atoms with Crippen LogP contribution in [0.15, 0.2) is 40.9 Å². The standard InChI is InChI=1S/C14H8BrClFNO/c15-11-2-4-14(12(16)6-11)19-8-10-5-9(7-18)1-3-13(10)17/h1-6H,8H2. The summed E-state index contributed by atoms with van der Waals surface area (Å²) in [5.41, 5.74) is 0.708. The number of benzene rings is 2. The fraction of sp³-hybridized carbons (Fsp3) is 0.0714. The Morgan fingerprint density at radius 1 is 1.26 bits per heavy atom. The zero-order chi connectivity index (χ0) is 13.8. The predicted molar refractivity (Wildman–Crippen MR) is 74.6 cm³/mol. The molecule has 2 nitrogen and oxygen atoms in total. The Hall–Kier alpha value is -1.57. The first kappa shape index (κ1) is 13.9. The van der Waals surface area contributed by atoms with Gasteiger partial charge in [-0.05, 0) is 36.4 Å². The van der Waals surface area contributed by atoms with Gasteiger partial charge in [0.2, 0.25) is 0 Å². The Morgan fingerprint density at radius 3 is 2.74 bits per heavy atom. The van der Waals surface area contributed by atoms with Crippen LogP contribution in [-0.4, -0.2) is 0 Å². The first-order valence-corrected chi connectivity index (χ1v) is 6.53. The van der Waals surface area contributed by atoms with E-state index in [0.29, 0.717) is 21.9 Å². The van der Waals surface area contributed by atoms with Gasteiger partial charge in [0.25, 0.3) is 0 Å². The van der Waals surface area contributed by atoms with Gasteiger partial charge in [-0.25, -0.2) is 4.39 Å². The molecule has 0 radical (unpaired) electrons. The summed E-state index contributed by atoms with van der Waals surface area (Å²) >= 11 is 9.28. The molecule has 0 atom stereocenters. The van der Waals surface area contributed by atoms with Crippen molar-refractivity contribution in [3.8, 4) is 11.8 Å². The fourth-order valence-corrected chi connectivity index (χ4v) is 2.23. The molecule has 0 spiro atoms. The highest BCUT2D eigenvalue weighted by Crippen LogP contribution is 2.28. The summed E-state index contributed by atoms with van der Waals surface area (Å²) in [5.74, 6) is 0.0545. The molecule has 0 aliphatic heterocycles. The van der Waals surface area contributed by atoms with Crippen molar-refractivity contribution in [2.75, 3.05) is 0 Å². The van der Waals surface area contributed by atoms with Gasteiger partial charge in [-0.2, -0.15) is 5.26 Å². The highest BCUT2D eigenvalue weighted by atomic mass is 79.9. The lowest BCUT2D eigenvalue weighted by atomic mass is 10.1. The van der Waals surface area contributed by atoms with E-state index in [2.05, 4.69) is 15.9 Å². The van der Waals surface area contributed by atoms with Crippen molar-refractivity contribution in [3.05, 3.63) is 62.8 Å². The van der Waals surface area contributed by atoms with Crippen molar-refractivity contribution in [2.45, 2.75) is 6.61 Å². The third-order valence-corrected chi connectivity index (χ3v) is 3.24. The summed E-state index contributed by atoms with van der Waals surface area (Å²) in [5, 5.41) is 9.21. The van der Waals surface area contributed by atoms with E-state index in [0.717, 1.165) is 4.47 Å². The van der Waals surface area contributed by atoms with E-state index in [4.69, 9.17) is 21.6 Å². The fourth-order valence-electron chi connectivity index (χ4n) is 1.50. The first-order chi connectivity index (χ1) is 9.10. The molecule has 0 amide bonds. The summed E-state index contributed by atoms with van der Waals surface area (Å²) in [6, 6.07) is 11.3. The molecule has 0 bridgehead atoms. The van der Waals surface area contributed by atoms with Gasteiger partial charge in [-0.15, -0.1) is 0 Å². The minimum absolute atomic E-state index is 0.0166. The molecule has 2 rings (SSSR count). The number of ether oxygens (including phenoxy) is 1. The van der Waals surface area contributed by atoms with Crippen LogP contribution in [0, 0.1) is 17.1 Å². The molecule has 0 aliphatic rings. The number of hydrogen-bond donors (Lipinski definition) is 0. The van der Waals surface area contributed by atoms with Crippen LogP contribution in [-0.2, 0) is 6.61 Å². The van der Waals surface area contributed by atoms with Gasteiger partial charge in [0, 0.05) is 10.0 Å². The molecule has 96 valence electrons. The molecule has 0 N–H and O–H groups in total. The third kappa shape index (κ3) is 3.46. The van der Waals surface area contributed by atoms with Gasteiger partial charge in [-0.1, -0.05) is 27.5 Å². The summed E-state index contributed by atoms with van der Waals surface area (Å²) in [6.07, 6.45) is 0. The van der Waals surface area contributed by atoms with Crippen LogP contribution >= 0.6 is 27.5 Å². The van der Waals surface area contributed by atoms with E-state index in [9.17, 15) is 4.39 Å². The zero-order valence-electron chi connectivity index (χ0n) is 9.66. The number of nitriles is 1. The normalized spacial score (nSPS) is 10.0. The smallest absolute Gasteiger partial charge is 0.138 e. The molecule has 0 heterocycles. The minimum atomic E-state index is -0.410. The van der Waals surface area contributed by atoms with Gasteiger partial charge in [0.05, 0.1) is 16.7 Å². The van der Waals surface area contributed by atoms with E-state index in [-0.39, 0.29) is 6.61 Å².